The minimum Gasteiger partial charge on any atom is -0.493 e. The van der Waals surface area contributed by atoms with Gasteiger partial charge in [-0.25, -0.2) is 5.43 Å². The molecule has 0 spiro atoms. The fourth-order valence-electron chi connectivity index (χ4n) is 2.60. The van der Waals surface area contributed by atoms with Gasteiger partial charge in [-0.2, -0.15) is 5.10 Å². The lowest BCUT2D eigenvalue weighted by molar-refractivity contribution is -0.118. The number of methoxy groups -OCH3 is 1. The standard InChI is InChI=1S/C23H20BrClN2O3S/c1-29-21-12-16(13-26-27-22(28)15-31-18-8-3-2-4-9-18)11-19(24)23(21)30-14-17-7-5-6-10-20(17)25/h2-13H,14-15H2,1H3,(H,27,28)/b26-13-. The van der Waals surface area contributed by atoms with Gasteiger partial charge >= 0.3 is 0 Å². The molecule has 3 aromatic carbocycles. The van der Waals surface area contributed by atoms with Crippen molar-refractivity contribution in [3.05, 3.63) is 87.4 Å². The molecule has 0 unspecified atom stereocenters. The number of carbonyl (C=O) groups is 1. The molecule has 0 radical (unpaired) electrons. The molecule has 1 N–H and O–H groups in total. The maximum atomic E-state index is 12.0. The number of hydrazone groups is 1. The maximum absolute atomic E-state index is 12.0. The Morgan fingerprint density at radius 1 is 1.16 bits per heavy atom. The number of hydrogen-bond donors (Lipinski definition) is 1. The number of rotatable bonds is 9. The molecule has 8 heteroatoms. The van der Waals surface area contributed by atoms with E-state index in [1.54, 1.807) is 19.4 Å². The van der Waals surface area contributed by atoms with Crippen LogP contribution in [0, 0.1) is 0 Å². The van der Waals surface area contributed by atoms with E-state index >= 15 is 0 Å². The second-order valence-corrected chi connectivity index (χ2v) is 8.62. The Labute approximate surface area is 198 Å². The van der Waals surface area contributed by atoms with Crippen LogP contribution in [0.25, 0.3) is 0 Å². The smallest absolute Gasteiger partial charge is 0.250 e. The number of ether oxygens (including phenoxy) is 2. The van der Waals surface area contributed by atoms with E-state index in [-0.39, 0.29) is 11.7 Å². The Balaban J connectivity index is 1.59. The highest BCUT2D eigenvalue weighted by Gasteiger charge is 2.12. The molecule has 5 nitrogen and oxygen atoms in total. The lowest BCUT2D eigenvalue weighted by Gasteiger charge is -2.14. The van der Waals surface area contributed by atoms with Crippen LogP contribution in [0.1, 0.15) is 11.1 Å². The summed E-state index contributed by atoms with van der Waals surface area (Å²) in [5.74, 6) is 1.19. The quantitative estimate of drug-likeness (QED) is 0.216. The van der Waals surface area contributed by atoms with E-state index in [9.17, 15) is 4.79 Å². The van der Waals surface area contributed by atoms with E-state index in [1.807, 2.05) is 60.7 Å². The minimum absolute atomic E-state index is 0.184. The van der Waals surface area contributed by atoms with Crippen molar-refractivity contribution in [1.29, 1.82) is 0 Å². The predicted molar refractivity (Wildman–Crippen MR) is 129 cm³/mol. The molecule has 0 aliphatic heterocycles. The Morgan fingerprint density at radius 3 is 2.65 bits per heavy atom. The number of amides is 1. The fraction of sp³-hybridized carbons (Fsp3) is 0.130. The summed E-state index contributed by atoms with van der Waals surface area (Å²) >= 11 is 11.2. The lowest BCUT2D eigenvalue weighted by atomic mass is 10.2. The highest BCUT2D eigenvalue weighted by atomic mass is 79.9. The van der Waals surface area contributed by atoms with Gasteiger partial charge in [0.05, 0.1) is 23.5 Å². The Hall–Kier alpha value is -2.48. The molecule has 0 atom stereocenters. The largest absolute Gasteiger partial charge is 0.493 e. The summed E-state index contributed by atoms with van der Waals surface area (Å²) in [5, 5.41) is 4.67. The molecule has 0 saturated heterocycles. The predicted octanol–water partition coefficient (Wildman–Crippen LogP) is 5.93. The van der Waals surface area contributed by atoms with Crippen molar-refractivity contribution in [2.75, 3.05) is 12.9 Å². The van der Waals surface area contributed by atoms with Crippen LogP contribution >= 0.6 is 39.3 Å². The van der Waals surface area contributed by atoms with Gasteiger partial charge in [-0.1, -0.05) is 48.0 Å². The molecule has 0 bridgehead atoms. The Kier molecular flexibility index (Phi) is 8.82. The zero-order valence-corrected chi connectivity index (χ0v) is 19.8. The third kappa shape index (κ3) is 7.02. The summed E-state index contributed by atoms with van der Waals surface area (Å²) < 4.78 is 12.1. The van der Waals surface area contributed by atoms with Gasteiger partial charge in [-0.15, -0.1) is 11.8 Å². The Morgan fingerprint density at radius 2 is 1.90 bits per heavy atom. The summed E-state index contributed by atoms with van der Waals surface area (Å²) in [7, 11) is 1.56. The number of nitrogens with zero attached hydrogens (tertiary/aromatic N) is 1. The van der Waals surface area contributed by atoms with Crippen molar-refractivity contribution >= 4 is 51.4 Å². The number of carbonyl (C=O) groups excluding carboxylic acids is 1. The molecule has 160 valence electrons. The molecule has 0 aromatic heterocycles. The third-order valence-corrected chi connectivity index (χ3v) is 6.07. The van der Waals surface area contributed by atoms with Gasteiger partial charge in [0.15, 0.2) is 11.5 Å². The van der Waals surface area contributed by atoms with Crippen LogP contribution in [0.2, 0.25) is 5.02 Å². The Bertz CT molecular complexity index is 1060. The zero-order valence-electron chi connectivity index (χ0n) is 16.7. The second kappa shape index (κ2) is 11.8. The number of hydrogen-bond acceptors (Lipinski definition) is 5. The number of thioether (sulfide) groups is 1. The van der Waals surface area contributed by atoms with Crippen molar-refractivity contribution in [2.45, 2.75) is 11.5 Å². The van der Waals surface area contributed by atoms with E-state index in [2.05, 4.69) is 26.5 Å². The molecule has 0 heterocycles. The van der Waals surface area contributed by atoms with Crippen LogP contribution in [-0.2, 0) is 11.4 Å². The summed E-state index contributed by atoms with van der Waals surface area (Å²) in [6.07, 6.45) is 1.55. The minimum atomic E-state index is -0.184. The van der Waals surface area contributed by atoms with Crippen molar-refractivity contribution in [3.8, 4) is 11.5 Å². The van der Waals surface area contributed by atoms with Crippen molar-refractivity contribution in [2.24, 2.45) is 5.10 Å². The molecule has 3 aromatic rings. The second-order valence-electron chi connectivity index (χ2n) is 6.31. The van der Waals surface area contributed by atoms with Gasteiger partial charge in [0.25, 0.3) is 0 Å². The summed E-state index contributed by atoms with van der Waals surface area (Å²) in [6, 6.07) is 20.8. The van der Waals surface area contributed by atoms with E-state index in [1.165, 1.54) is 11.8 Å². The molecule has 0 saturated carbocycles. The third-order valence-electron chi connectivity index (χ3n) is 4.10. The normalized spacial score (nSPS) is 10.8. The van der Waals surface area contributed by atoms with E-state index in [0.717, 1.165) is 16.0 Å². The van der Waals surface area contributed by atoms with Crippen LogP contribution in [-0.4, -0.2) is 25.0 Å². The molecule has 31 heavy (non-hydrogen) atoms. The maximum Gasteiger partial charge on any atom is 0.250 e. The van der Waals surface area contributed by atoms with Gasteiger partial charge in [0, 0.05) is 15.5 Å². The van der Waals surface area contributed by atoms with Crippen molar-refractivity contribution < 1.29 is 14.3 Å². The molecule has 0 aliphatic carbocycles. The molecule has 0 fully saturated rings. The fourth-order valence-corrected chi connectivity index (χ4v) is 4.07. The summed E-state index contributed by atoms with van der Waals surface area (Å²) in [6.45, 7) is 0.303. The zero-order chi connectivity index (χ0) is 22.1. The topological polar surface area (TPSA) is 59.9 Å². The van der Waals surface area contributed by atoms with Crippen LogP contribution in [0.4, 0.5) is 0 Å². The van der Waals surface area contributed by atoms with Crippen LogP contribution < -0.4 is 14.9 Å². The molecule has 0 aliphatic rings. The average molecular weight is 520 g/mol. The van der Waals surface area contributed by atoms with Crippen LogP contribution in [0.15, 0.2) is 81.2 Å². The molecule has 1 amide bonds. The first-order chi connectivity index (χ1) is 15.1. The van der Waals surface area contributed by atoms with Gasteiger partial charge in [0.1, 0.15) is 6.61 Å². The molecular formula is C23H20BrClN2O3S. The van der Waals surface area contributed by atoms with Crippen molar-refractivity contribution in [1.82, 2.24) is 5.43 Å². The monoisotopic (exact) mass is 518 g/mol. The summed E-state index contributed by atoms with van der Waals surface area (Å²) in [4.78, 5) is 13.0. The van der Waals surface area contributed by atoms with E-state index < -0.39 is 0 Å². The lowest BCUT2D eigenvalue weighted by Crippen LogP contribution is -2.19. The van der Waals surface area contributed by atoms with E-state index in [0.29, 0.717) is 27.6 Å². The number of halogens is 2. The first-order valence-corrected chi connectivity index (χ1v) is 11.5. The highest BCUT2D eigenvalue weighted by molar-refractivity contribution is 9.10. The number of benzene rings is 3. The van der Waals surface area contributed by atoms with Crippen LogP contribution in [0.5, 0.6) is 11.5 Å². The van der Waals surface area contributed by atoms with Gasteiger partial charge in [-0.3, -0.25) is 4.79 Å². The number of nitrogens with one attached hydrogen (secondary N) is 1. The van der Waals surface area contributed by atoms with E-state index in [4.69, 9.17) is 21.1 Å². The highest BCUT2D eigenvalue weighted by Crippen LogP contribution is 2.37. The van der Waals surface area contributed by atoms with Gasteiger partial charge < -0.3 is 9.47 Å². The van der Waals surface area contributed by atoms with Gasteiger partial charge in [-0.05, 0) is 51.8 Å². The summed E-state index contributed by atoms with van der Waals surface area (Å²) in [5.41, 5.74) is 4.15. The average Bonchev–Trinajstić information content (AvgIpc) is 2.78. The van der Waals surface area contributed by atoms with Gasteiger partial charge in [0.2, 0.25) is 5.91 Å². The first kappa shape index (κ1) is 23.2. The molecule has 3 rings (SSSR count). The molecular weight excluding hydrogens is 500 g/mol. The first-order valence-electron chi connectivity index (χ1n) is 9.30. The SMILES string of the molecule is COc1cc(/C=N\NC(=O)CSc2ccccc2)cc(Br)c1OCc1ccccc1Cl. The van der Waals surface area contributed by atoms with Crippen molar-refractivity contribution in [3.63, 3.8) is 0 Å². The van der Waals surface area contributed by atoms with Crippen LogP contribution in [0.3, 0.4) is 0 Å².